The summed E-state index contributed by atoms with van der Waals surface area (Å²) in [6.07, 6.45) is 1.78. The SMILES string of the molecule is O=C(Nc1ccc2nn(CC(=O)N3CCCC(CN4CCCC4)C3)cc2c1)c1cccc(C(F)(F)F)n1. The molecule has 4 heterocycles. The minimum absolute atomic E-state index is 0.0306. The molecular formula is C26H29F3N6O2. The molecule has 1 unspecified atom stereocenters. The van der Waals surface area contributed by atoms with Crippen LogP contribution in [0.15, 0.2) is 42.6 Å². The maximum Gasteiger partial charge on any atom is 0.433 e. The number of nitrogens with zero attached hydrogens (tertiary/aromatic N) is 5. The van der Waals surface area contributed by atoms with Crippen LogP contribution >= 0.6 is 0 Å². The number of carbonyl (C=O) groups is 2. The van der Waals surface area contributed by atoms with Crippen molar-refractivity contribution in [3.05, 3.63) is 54.0 Å². The summed E-state index contributed by atoms with van der Waals surface area (Å²) in [6.45, 7) is 5.03. The maximum absolute atomic E-state index is 13.0. The number of hydrogen-bond donors (Lipinski definition) is 1. The van der Waals surface area contributed by atoms with Crippen LogP contribution in [-0.2, 0) is 17.5 Å². The highest BCUT2D eigenvalue weighted by Crippen LogP contribution is 2.27. The average Bonchev–Trinajstić information content (AvgIpc) is 3.53. The molecule has 3 aromatic rings. The Morgan fingerprint density at radius 1 is 1.05 bits per heavy atom. The number of aromatic nitrogens is 3. The second-order valence-electron chi connectivity index (χ2n) is 9.82. The fraction of sp³-hybridized carbons (Fsp3) is 0.462. The van der Waals surface area contributed by atoms with Gasteiger partial charge in [-0.1, -0.05) is 6.07 Å². The minimum atomic E-state index is -4.63. The second kappa shape index (κ2) is 10.5. The molecule has 2 aromatic heterocycles. The molecule has 0 bridgehead atoms. The van der Waals surface area contributed by atoms with Gasteiger partial charge in [0.05, 0.1) is 5.52 Å². The van der Waals surface area contributed by atoms with Crippen molar-refractivity contribution >= 4 is 28.4 Å². The first kappa shape index (κ1) is 25.2. The van der Waals surface area contributed by atoms with Gasteiger partial charge in [0.2, 0.25) is 5.91 Å². The van der Waals surface area contributed by atoms with Crippen molar-refractivity contribution in [3.8, 4) is 0 Å². The van der Waals surface area contributed by atoms with E-state index in [0.717, 1.165) is 57.7 Å². The third-order valence-corrected chi connectivity index (χ3v) is 6.97. The van der Waals surface area contributed by atoms with E-state index in [9.17, 15) is 22.8 Å². The number of nitrogens with one attached hydrogen (secondary N) is 1. The Balaban J connectivity index is 1.21. The van der Waals surface area contributed by atoms with E-state index in [1.165, 1.54) is 18.9 Å². The van der Waals surface area contributed by atoms with Gasteiger partial charge in [-0.15, -0.1) is 0 Å². The van der Waals surface area contributed by atoms with Crippen molar-refractivity contribution in [2.24, 2.45) is 5.92 Å². The fourth-order valence-corrected chi connectivity index (χ4v) is 5.16. The number of hydrogen-bond acceptors (Lipinski definition) is 5. The Morgan fingerprint density at radius 2 is 1.86 bits per heavy atom. The summed E-state index contributed by atoms with van der Waals surface area (Å²) in [5, 5.41) is 7.76. The van der Waals surface area contributed by atoms with Gasteiger partial charge >= 0.3 is 6.18 Å². The van der Waals surface area contributed by atoms with Gasteiger partial charge in [-0.05, 0) is 75.0 Å². The van der Waals surface area contributed by atoms with Crippen LogP contribution in [0.25, 0.3) is 10.9 Å². The largest absolute Gasteiger partial charge is 0.433 e. The monoisotopic (exact) mass is 514 g/mol. The van der Waals surface area contributed by atoms with E-state index < -0.39 is 17.8 Å². The summed E-state index contributed by atoms with van der Waals surface area (Å²) in [4.78, 5) is 33.3. The molecule has 2 saturated heterocycles. The number of amides is 2. The molecule has 1 N–H and O–H groups in total. The van der Waals surface area contributed by atoms with Gasteiger partial charge in [0.15, 0.2) is 0 Å². The summed E-state index contributed by atoms with van der Waals surface area (Å²) < 4.78 is 40.3. The standard InChI is InChI=1S/C26H29F3N6O2/c27-26(28,29)23-7-3-6-22(31-23)25(37)30-20-8-9-21-19(13-20)16-35(32-21)17-24(36)34-12-4-5-18(15-34)14-33-10-1-2-11-33/h3,6-9,13,16,18H,1-2,4-5,10-12,14-15,17H2,(H,30,37). The van der Waals surface area contributed by atoms with Crippen LogP contribution in [0.1, 0.15) is 41.9 Å². The highest BCUT2D eigenvalue weighted by molar-refractivity contribution is 6.03. The molecule has 196 valence electrons. The minimum Gasteiger partial charge on any atom is -0.341 e. The van der Waals surface area contributed by atoms with Crippen LogP contribution < -0.4 is 5.32 Å². The van der Waals surface area contributed by atoms with Gasteiger partial charge < -0.3 is 15.1 Å². The van der Waals surface area contributed by atoms with Crippen molar-refractivity contribution in [1.29, 1.82) is 0 Å². The maximum atomic E-state index is 13.0. The van der Waals surface area contributed by atoms with Gasteiger partial charge in [0.1, 0.15) is 17.9 Å². The van der Waals surface area contributed by atoms with Gasteiger partial charge in [0.25, 0.3) is 5.91 Å². The Morgan fingerprint density at radius 3 is 2.65 bits per heavy atom. The first-order chi connectivity index (χ1) is 17.7. The van der Waals surface area contributed by atoms with Crippen LogP contribution in [0.5, 0.6) is 0 Å². The predicted octanol–water partition coefficient (Wildman–Crippen LogP) is 4.04. The highest BCUT2D eigenvalue weighted by Gasteiger charge is 2.33. The Hall–Kier alpha value is -3.47. The van der Waals surface area contributed by atoms with E-state index in [1.807, 2.05) is 4.90 Å². The fourth-order valence-electron chi connectivity index (χ4n) is 5.16. The molecule has 0 radical (unpaired) electrons. The molecule has 2 aliphatic heterocycles. The summed E-state index contributed by atoms with van der Waals surface area (Å²) >= 11 is 0. The van der Waals surface area contributed by atoms with Gasteiger partial charge in [-0.2, -0.15) is 18.3 Å². The molecule has 0 saturated carbocycles. The summed E-state index contributed by atoms with van der Waals surface area (Å²) in [6, 6.07) is 8.16. The third-order valence-electron chi connectivity index (χ3n) is 6.97. The van der Waals surface area contributed by atoms with E-state index in [1.54, 1.807) is 29.1 Å². The first-order valence-corrected chi connectivity index (χ1v) is 12.6. The van der Waals surface area contributed by atoms with Crippen molar-refractivity contribution in [2.75, 3.05) is 38.0 Å². The third kappa shape index (κ3) is 6.10. The first-order valence-electron chi connectivity index (χ1n) is 12.6. The number of likely N-dealkylation sites (tertiary alicyclic amines) is 2. The zero-order valence-corrected chi connectivity index (χ0v) is 20.4. The lowest BCUT2D eigenvalue weighted by molar-refractivity contribution is -0.141. The molecule has 11 heteroatoms. The Labute approximate surface area is 212 Å². The Kier molecular flexibility index (Phi) is 7.14. The number of alkyl halides is 3. The number of piperidine rings is 1. The quantitative estimate of drug-likeness (QED) is 0.537. The molecule has 0 spiro atoms. The van der Waals surface area contributed by atoms with E-state index in [2.05, 4.69) is 20.3 Å². The van der Waals surface area contributed by atoms with E-state index in [0.29, 0.717) is 22.5 Å². The van der Waals surface area contributed by atoms with Crippen LogP contribution in [0.4, 0.5) is 18.9 Å². The molecule has 1 aromatic carbocycles. The van der Waals surface area contributed by atoms with Crippen LogP contribution in [-0.4, -0.2) is 69.1 Å². The predicted molar refractivity (Wildman–Crippen MR) is 132 cm³/mol. The highest BCUT2D eigenvalue weighted by atomic mass is 19.4. The van der Waals surface area contributed by atoms with E-state index in [-0.39, 0.29) is 18.1 Å². The summed E-state index contributed by atoms with van der Waals surface area (Å²) in [5.41, 5.74) is -0.421. The molecule has 5 rings (SSSR count). The number of anilines is 1. The molecule has 0 aliphatic carbocycles. The zero-order valence-electron chi connectivity index (χ0n) is 20.4. The second-order valence-corrected chi connectivity index (χ2v) is 9.82. The van der Waals surface area contributed by atoms with Crippen molar-refractivity contribution in [3.63, 3.8) is 0 Å². The number of pyridine rings is 1. The van der Waals surface area contributed by atoms with Crippen molar-refractivity contribution < 1.29 is 22.8 Å². The summed E-state index contributed by atoms with van der Waals surface area (Å²) in [7, 11) is 0. The Bertz CT molecular complexity index is 1280. The van der Waals surface area contributed by atoms with Crippen LogP contribution in [0.3, 0.4) is 0 Å². The molecule has 2 fully saturated rings. The number of rotatable bonds is 6. The average molecular weight is 515 g/mol. The van der Waals surface area contributed by atoms with Crippen molar-refractivity contribution in [2.45, 2.75) is 38.4 Å². The molecule has 37 heavy (non-hydrogen) atoms. The zero-order chi connectivity index (χ0) is 26.0. The topological polar surface area (TPSA) is 83.4 Å². The van der Waals surface area contributed by atoms with Gasteiger partial charge in [-0.3, -0.25) is 14.3 Å². The summed E-state index contributed by atoms with van der Waals surface area (Å²) in [5.74, 6) is -0.213. The molecular weight excluding hydrogens is 485 g/mol. The number of fused-ring (bicyclic) bond motifs is 1. The molecule has 8 nitrogen and oxygen atoms in total. The lowest BCUT2D eigenvalue weighted by Crippen LogP contribution is -2.44. The van der Waals surface area contributed by atoms with Crippen LogP contribution in [0.2, 0.25) is 0 Å². The normalized spacial score (nSPS) is 18.9. The molecule has 2 aliphatic rings. The lowest BCUT2D eigenvalue weighted by Gasteiger charge is -2.34. The molecule has 2 amide bonds. The van der Waals surface area contributed by atoms with Gasteiger partial charge in [0, 0.05) is 36.9 Å². The number of halogens is 3. The molecule has 1 atom stereocenters. The number of carbonyl (C=O) groups excluding carboxylic acids is 2. The number of benzene rings is 1. The van der Waals surface area contributed by atoms with Crippen LogP contribution in [0, 0.1) is 5.92 Å². The smallest absolute Gasteiger partial charge is 0.341 e. The lowest BCUT2D eigenvalue weighted by atomic mass is 9.97. The van der Waals surface area contributed by atoms with Crippen molar-refractivity contribution in [1.82, 2.24) is 24.6 Å². The van der Waals surface area contributed by atoms with E-state index in [4.69, 9.17) is 0 Å². The van der Waals surface area contributed by atoms with E-state index >= 15 is 0 Å². The van der Waals surface area contributed by atoms with Gasteiger partial charge in [-0.25, -0.2) is 4.98 Å².